The second-order valence-electron chi connectivity index (χ2n) is 5.30. The van der Waals surface area contributed by atoms with Gasteiger partial charge in [-0.1, -0.05) is 24.3 Å². The molecule has 0 heterocycles. The zero-order valence-electron chi connectivity index (χ0n) is 12.2. The van der Waals surface area contributed by atoms with Gasteiger partial charge in [0.15, 0.2) is 0 Å². The highest BCUT2D eigenvalue weighted by atomic mass is 35.5. The fraction of sp³-hybridized carbons (Fsp3) is 0.562. The van der Waals surface area contributed by atoms with Crippen LogP contribution >= 0.6 is 12.4 Å². The molecular weight excluding hydrogens is 272 g/mol. The zero-order chi connectivity index (χ0) is 13.5. The number of rotatable bonds is 6. The van der Waals surface area contributed by atoms with Gasteiger partial charge in [0.1, 0.15) is 0 Å². The number of carbonyl (C=O) groups excluding carboxylic acids is 1. The molecule has 4 heteroatoms. The molecule has 0 saturated heterocycles. The van der Waals surface area contributed by atoms with E-state index in [-0.39, 0.29) is 18.3 Å². The molecule has 2 rings (SSSR count). The molecule has 1 atom stereocenters. The number of halogens is 1. The molecule has 1 aromatic rings. The Bertz CT molecular complexity index is 423. The van der Waals surface area contributed by atoms with Crippen molar-refractivity contribution in [2.75, 3.05) is 20.1 Å². The van der Waals surface area contributed by atoms with Gasteiger partial charge in [0, 0.05) is 13.0 Å². The largest absolute Gasteiger partial charge is 0.356 e. The summed E-state index contributed by atoms with van der Waals surface area (Å²) in [5, 5.41) is 6.10. The van der Waals surface area contributed by atoms with Crippen LogP contribution in [0.4, 0.5) is 0 Å². The first-order valence-electron chi connectivity index (χ1n) is 7.30. The summed E-state index contributed by atoms with van der Waals surface area (Å²) in [6.07, 6.45) is 5.13. The molecule has 20 heavy (non-hydrogen) atoms. The molecule has 1 aliphatic rings. The maximum atomic E-state index is 12.0. The third-order valence-electron chi connectivity index (χ3n) is 3.85. The highest BCUT2D eigenvalue weighted by molar-refractivity contribution is 5.85. The van der Waals surface area contributed by atoms with Crippen molar-refractivity contribution in [2.45, 2.75) is 38.0 Å². The van der Waals surface area contributed by atoms with E-state index in [0.717, 1.165) is 32.4 Å². The molecular formula is C16H25ClN2O. The summed E-state index contributed by atoms with van der Waals surface area (Å²) in [5.41, 5.74) is 2.82. The fourth-order valence-electron chi connectivity index (χ4n) is 2.86. The Labute approximate surface area is 127 Å². The van der Waals surface area contributed by atoms with Crippen LogP contribution in [0.5, 0.6) is 0 Å². The predicted octanol–water partition coefficient (Wildman–Crippen LogP) is 2.64. The van der Waals surface area contributed by atoms with Crippen LogP contribution in [0.1, 0.15) is 42.7 Å². The average Bonchev–Trinajstić information content (AvgIpc) is 2.44. The van der Waals surface area contributed by atoms with Crippen LogP contribution in [0.3, 0.4) is 0 Å². The summed E-state index contributed by atoms with van der Waals surface area (Å²) < 4.78 is 0. The van der Waals surface area contributed by atoms with E-state index < -0.39 is 0 Å². The smallest absolute Gasteiger partial charge is 0.220 e. The first-order chi connectivity index (χ1) is 9.31. The van der Waals surface area contributed by atoms with Gasteiger partial charge in [-0.3, -0.25) is 4.79 Å². The number of hydrogen-bond acceptors (Lipinski definition) is 2. The summed E-state index contributed by atoms with van der Waals surface area (Å²) in [7, 11) is 1.93. The second kappa shape index (κ2) is 8.98. The van der Waals surface area contributed by atoms with Gasteiger partial charge in [0.2, 0.25) is 5.91 Å². The number of fused-ring (bicyclic) bond motifs is 1. The standard InChI is InChI=1S/C16H24N2O.ClH/c1-17-10-5-11-18-16(19)12-14-8-4-7-13-6-2-3-9-15(13)14;/h2-3,6,9,14,17H,4-5,7-8,10-12H2,1H3,(H,18,19);1H. The van der Waals surface area contributed by atoms with E-state index in [1.54, 1.807) is 0 Å². The van der Waals surface area contributed by atoms with Gasteiger partial charge >= 0.3 is 0 Å². The number of benzene rings is 1. The summed E-state index contributed by atoms with van der Waals surface area (Å²) >= 11 is 0. The van der Waals surface area contributed by atoms with Gasteiger partial charge in [0.05, 0.1) is 0 Å². The van der Waals surface area contributed by atoms with Gasteiger partial charge in [-0.05, 0) is 56.3 Å². The number of aryl methyl sites for hydroxylation is 1. The van der Waals surface area contributed by atoms with Crippen molar-refractivity contribution in [3.8, 4) is 0 Å². The van der Waals surface area contributed by atoms with Crippen LogP contribution in [0.25, 0.3) is 0 Å². The Morgan fingerprint density at radius 2 is 2.10 bits per heavy atom. The van der Waals surface area contributed by atoms with Gasteiger partial charge < -0.3 is 10.6 Å². The summed E-state index contributed by atoms with van der Waals surface area (Å²) in [5.74, 6) is 0.604. The lowest BCUT2D eigenvalue weighted by Crippen LogP contribution is -2.28. The summed E-state index contributed by atoms with van der Waals surface area (Å²) in [4.78, 5) is 12.0. The summed E-state index contributed by atoms with van der Waals surface area (Å²) in [6, 6.07) is 8.57. The van der Waals surface area contributed by atoms with Gasteiger partial charge in [-0.2, -0.15) is 0 Å². The molecule has 0 bridgehead atoms. The first kappa shape index (κ1) is 17.0. The monoisotopic (exact) mass is 296 g/mol. The van der Waals surface area contributed by atoms with Crippen molar-refractivity contribution >= 4 is 18.3 Å². The van der Waals surface area contributed by atoms with Crippen molar-refractivity contribution in [3.05, 3.63) is 35.4 Å². The van der Waals surface area contributed by atoms with Crippen LogP contribution in [-0.2, 0) is 11.2 Å². The van der Waals surface area contributed by atoms with Gasteiger partial charge in [-0.25, -0.2) is 0 Å². The molecule has 0 radical (unpaired) electrons. The molecule has 112 valence electrons. The zero-order valence-corrected chi connectivity index (χ0v) is 13.0. The van der Waals surface area contributed by atoms with E-state index >= 15 is 0 Å². The number of hydrogen-bond donors (Lipinski definition) is 2. The molecule has 2 N–H and O–H groups in total. The average molecular weight is 297 g/mol. The van der Waals surface area contributed by atoms with Crippen molar-refractivity contribution < 1.29 is 4.79 Å². The van der Waals surface area contributed by atoms with Gasteiger partial charge in [0.25, 0.3) is 0 Å². The fourth-order valence-corrected chi connectivity index (χ4v) is 2.86. The number of nitrogens with one attached hydrogen (secondary N) is 2. The summed E-state index contributed by atoms with van der Waals surface area (Å²) in [6.45, 7) is 1.72. The van der Waals surface area contributed by atoms with Crippen molar-refractivity contribution in [1.29, 1.82) is 0 Å². The van der Waals surface area contributed by atoms with E-state index in [9.17, 15) is 4.79 Å². The van der Waals surface area contributed by atoms with Crippen molar-refractivity contribution in [2.24, 2.45) is 0 Å². The molecule has 3 nitrogen and oxygen atoms in total. The van der Waals surface area contributed by atoms with E-state index in [0.29, 0.717) is 12.3 Å². The molecule has 1 unspecified atom stereocenters. The van der Waals surface area contributed by atoms with E-state index in [4.69, 9.17) is 0 Å². The van der Waals surface area contributed by atoms with E-state index in [1.165, 1.54) is 17.5 Å². The lowest BCUT2D eigenvalue weighted by atomic mass is 9.81. The first-order valence-corrected chi connectivity index (χ1v) is 7.30. The quantitative estimate of drug-likeness (QED) is 0.793. The molecule has 0 spiro atoms. The Balaban J connectivity index is 0.00000200. The third kappa shape index (κ3) is 4.80. The Morgan fingerprint density at radius 1 is 1.30 bits per heavy atom. The molecule has 0 aliphatic heterocycles. The highest BCUT2D eigenvalue weighted by Crippen LogP contribution is 2.33. The molecule has 1 aromatic carbocycles. The van der Waals surface area contributed by atoms with Crippen LogP contribution < -0.4 is 10.6 Å². The van der Waals surface area contributed by atoms with Crippen LogP contribution in [0.2, 0.25) is 0 Å². The maximum absolute atomic E-state index is 12.0. The minimum atomic E-state index is 0. The van der Waals surface area contributed by atoms with E-state index in [1.807, 2.05) is 7.05 Å². The van der Waals surface area contributed by atoms with Crippen LogP contribution in [0, 0.1) is 0 Å². The topological polar surface area (TPSA) is 41.1 Å². The number of carbonyl (C=O) groups is 1. The molecule has 1 amide bonds. The van der Waals surface area contributed by atoms with Crippen molar-refractivity contribution in [3.63, 3.8) is 0 Å². The van der Waals surface area contributed by atoms with E-state index in [2.05, 4.69) is 34.9 Å². The minimum Gasteiger partial charge on any atom is -0.356 e. The predicted molar refractivity (Wildman–Crippen MR) is 85.5 cm³/mol. The van der Waals surface area contributed by atoms with Gasteiger partial charge in [-0.15, -0.1) is 12.4 Å². The highest BCUT2D eigenvalue weighted by Gasteiger charge is 2.21. The van der Waals surface area contributed by atoms with Crippen molar-refractivity contribution in [1.82, 2.24) is 10.6 Å². The Kier molecular flexibility index (Phi) is 7.63. The Morgan fingerprint density at radius 3 is 2.90 bits per heavy atom. The molecule has 0 fully saturated rings. The maximum Gasteiger partial charge on any atom is 0.220 e. The molecule has 0 saturated carbocycles. The van der Waals surface area contributed by atoms with Crippen LogP contribution in [0.15, 0.2) is 24.3 Å². The SMILES string of the molecule is CNCCCNC(=O)CC1CCCc2ccccc21.Cl. The molecule has 1 aliphatic carbocycles. The lowest BCUT2D eigenvalue weighted by molar-refractivity contribution is -0.121. The molecule has 0 aromatic heterocycles. The van der Waals surface area contributed by atoms with Crippen LogP contribution in [-0.4, -0.2) is 26.0 Å². The normalized spacial score (nSPS) is 16.9. The minimum absolute atomic E-state index is 0. The Hall–Kier alpha value is -1.06. The third-order valence-corrected chi connectivity index (χ3v) is 3.85. The lowest BCUT2D eigenvalue weighted by Gasteiger charge is -2.25. The number of amides is 1. The second-order valence-corrected chi connectivity index (χ2v) is 5.30.